The predicted octanol–water partition coefficient (Wildman–Crippen LogP) is 6.40. The SMILES string of the molecule is CO[C@H]1/C=C/O[C@@]2(C)Oc3c(C)c(=O)c4c(O)c(c5oc6cccc(OCCCCN7CCN(C)CC7)c6nc5c4c3C2=O)NC(=O)/C(C)=C\C=C\[C@H](C)[C@H](O)[C@@H](C)[C@@H](O)[C@@H](C)[C@H](OC(C)=O)[C@@H]1C. The number of phenolic OH excluding ortho intramolecular Hbond substituents is 1. The van der Waals surface area contributed by atoms with Gasteiger partial charge in [0.1, 0.15) is 34.3 Å². The minimum absolute atomic E-state index is 0.00941. The summed E-state index contributed by atoms with van der Waals surface area (Å²) in [6.45, 7) is 18.1. The number of anilines is 1. The van der Waals surface area contributed by atoms with Gasteiger partial charge in [-0.25, -0.2) is 4.98 Å². The quantitative estimate of drug-likeness (QED) is 0.0493. The lowest BCUT2D eigenvalue weighted by molar-refractivity contribution is -0.160. The number of hydrogen-bond acceptors (Lipinski definition) is 16. The highest BCUT2D eigenvalue weighted by atomic mass is 16.7. The van der Waals surface area contributed by atoms with E-state index < -0.39 is 82.7 Å². The highest BCUT2D eigenvalue weighted by Gasteiger charge is 2.49. The average Bonchev–Trinajstić information content (AvgIpc) is 3.59. The Kier molecular flexibility index (Phi) is 15.5. The van der Waals surface area contributed by atoms with Crippen LogP contribution in [0.15, 0.2) is 63.6 Å². The number of allylic oxidation sites excluding steroid dienone is 2. The van der Waals surface area contributed by atoms with Gasteiger partial charge in [-0.15, -0.1) is 0 Å². The largest absolute Gasteiger partial charge is 0.505 e. The molecule has 4 aromatic rings. The standard InChI is InChI=1S/C52H66N4O13/c1-27-15-13-16-28(2)51(63)54-42-46(61)38-37(41-49(42)68-36-18-14-17-35(40(36)53-41)65-25-12-11-20-56-23-21-55(9)22-24-56)39-48(32(6)45(38)60)69-52(8,50(39)62)66-26-19-34(64-10)29(3)47(67-33(7)57)31(5)44(59)30(4)43(27)58/h13-19,26-27,29-31,34,43-44,47,58-59,61H,11-12,20-25H2,1-10H3,(H,54,63)/b15-13+,26-19+,28-16-/t27-,29+,30+,31+,34-,43-,44+,47+,52-/m0/s1. The molecule has 1 saturated heterocycles. The summed E-state index contributed by atoms with van der Waals surface area (Å²) in [5.41, 5.74) is -0.530. The van der Waals surface area contributed by atoms with E-state index in [0.29, 0.717) is 12.4 Å². The maximum atomic E-state index is 14.9. The smallest absolute Gasteiger partial charge is 0.312 e. The summed E-state index contributed by atoms with van der Waals surface area (Å²) in [4.78, 5) is 65.6. The Hall–Kier alpha value is -5.85. The van der Waals surface area contributed by atoms with Gasteiger partial charge in [0.2, 0.25) is 0 Å². The molecule has 69 heavy (non-hydrogen) atoms. The van der Waals surface area contributed by atoms with E-state index >= 15 is 0 Å². The average molecular weight is 955 g/mol. The number of fused-ring (bicyclic) bond motifs is 2. The van der Waals surface area contributed by atoms with Gasteiger partial charge >= 0.3 is 11.8 Å². The molecule has 1 amide bonds. The number of aromatic nitrogens is 1. The van der Waals surface area contributed by atoms with Crippen molar-refractivity contribution in [1.82, 2.24) is 14.8 Å². The van der Waals surface area contributed by atoms with E-state index in [9.17, 15) is 34.5 Å². The third-order valence-electron chi connectivity index (χ3n) is 14.0. The molecule has 3 aliphatic heterocycles. The van der Waals surface area contributed by atoms with Crippen LogP contribution in [0.3, 0.4) is 0 Å². The van der Waals surface area contributed by atoms with Gasteiger partial charge in [-0.1, -0.05) is 52.0 Å². The van der Waals surface area contributed by atoms with Crippen LogP contribution in [0.4, 0.5) is 5.69 Å². The molecule has 17 heteroatoms. The lowest BCUT2D eigenvalue weighted by Crippen LogP contribution is -2.46. The van der Waals surface area contributed by atoms with Crippen LogP contribution in [0.1, 0.15) is 77.2 Å². The summed E-state index contributed by atoms with van der Waals surface area (Å²) in [7, 11) is 3.58. The number of benzene rings is 3. The molecule has 4 bridgehead atoms. The number of nitrogens with one attached hydrogen (secondary N) is 1. The topological polar surface area (TPSA) is 220 Å². The van der Waals surface area contributed by atoms with Crippen molar-refractivity contribution in [1.29, 1.82) is 0 Å². The Bertz CT molecular complexity index is 2760. The Labute approximate surface area is 401 Å². The van der Waals surface area contributed by atoms with E-state index in [1.54, 1.807) is 65.0 Å². The van der Waals surface area contributed by atoms with Crippen molar-refractivity contribution < 1.29 is 57.8 Å². The molecule has 4 N–H and O–H groups in total. The molecule has 0 saturated carbocycles. The van der Waals surface area contributed by atoms with Crippen molar-refractivity contribution in [3.8, 4) is 17.2 Å². The van der Waals surface area contributed by atoms with Crippen LogP contribution in [-0.4, -0.2) is 131 Å². The number of rotatable bonds is 8. The van der Waals surface area contributed by atoms with E-state index in [2.05, 4.69) is 22.2 Å². The first-order valence-electron chi connectivity index (χ1n) is 23.7. The third-order valence-corrected chi connectivity index (χ3v) is 14.0. The van der Waals surface area contributed by atoms with Gasteiger partial charge in [0.25, 0.3) is 11.7 Å². The number of carbonyl (C=O) groups excluding carboxylic acids is 3. The van der Waals surface area contributed by atoms with E-state index in [1.807, 2.05) is 0 Å². The fourth-order valence-electron chi connectivity index (χ4n) is 9.61. The first kappa shape index (κ1) is 51.0. The lowest BCUT2D eigenvalue weighted by atomic mass is 9.78. The van der Waals surface area contributed by atoms with Crippen LogP contribution in [0.5, 0.6) is 17.2 Å². The number of unbranched alkanes of at least 4 members (excludes halogenated alkanes) is 1. The van der Waals surface area contributed by atoms with E-state index in [1.165, 1.54) is 46.3 Å². The van der Waals surface area contributed by atoms with Crippen LogP contribution in [0, 0.1) is 30.6 Å². The zero-order chi connectivity index (χ0) is 50.1. The molecule has 0 radical (unpaired) electrons. The lowest BCUT2D eigenvalue weighted by Gasteiger charge is -2.38. The number of aromatic hydroxyl groups is 1. The van der Waals surface area contributed by atoms with E-state index in [0.717, 1.165) is 45.6 Å². The number of ketones is 1. The predicted molar refractivity (Wildman–Crippen MR) is 260 cm³/mol. The number of Topliss-reactive ketones (excluding diaryl/α,β-unsaturated/α-hetero) is 1. The molecule has 9 atom stereocenters. The molecular weight excluding hydrogens is 889 g/mol. The van der Waals surface area contributed by atoms with Gasteiger partial charge in [-0.2, -0.15) is 0 Å². The van der Waals surface area contributed by atoms with E-state index in [-0.39, 0.29) is 61.1 Å². The molecule has 372 valence electrons. The van der Waals surface area contributed by atoms with Gasteiger partial charge in [0.15, 0.2) is 22.3 Å². The number of methoxy groups -OCH3 is 1. The van der Waals surface area contributed by atoms with E-state index in [4.69, 9.17) is 33.1 Å². The molecule has 0 spiro atoms. The van der Waals surface area contributed by atoms with Crippen LogP contribution in [0.2, 0.25) is 0 Å². The van der Waals surface area contributed by atoms with Crippen molar-refractivity contribution in [2.45, 2.75) is 98.4 Å². The number of nitrogens with zero attached hydrogens (tertiary/aromatic N) is 3. The maximum Gasteiger partial charge on any atom is 0.312 e. The van der Waals surface area contributed by atoms with Crippen LogP contribution < -0.4 is 20.2 Å². The zero-order valence-corrected chi connectivity index (χ0v) is 41.2. The number of piperazine rings is 1. The van der Waals surface area contributed by atoms with Crippen molar-refractivity contribution in [3.05, 3.63) is 75.7 Å². The van der Waals surface area contributed by atoms with Gasteiger partial charge in [0.05, 0.1) is 42.1 Å². The molecule has 1 fully saturated rings. The van der Waals surface area contributed by atoms with Crippen molar-refractivity contribution in [2.24, 2.45) is 23.7 Å². The van der Waals surface area contributed by atoms with Crippen molar-refractivity contribution in [2.75, 3.05) is 58.8 Å². The second kappa shape index (κ2) is 21.0. The number of ether oxygens (including phenoxy) is 5. The number of phenols is 1. The second-order valence-electron chi connectivity index (χ2n) is 19.0. The Balaban J connectivity index is 1.37. The maximum absolute atomic E-state index is 14.9. The monoisotopic (exact) mass is 954 g/mol. The van der Waals surface area contributed by atoms with Crippen LogP contribution in [0.25, 0.3) is 33.0 Å². The van der Waals surface area contributed by atoms with Gasteiger partial charge in [-0.05, 0) is 58.5 Å². The molecule has 7 rings (SSSR count). The second-order valence-corrected chi connectivity index (χ2v) is 19.0. The minimum Gasteiger partial charge on any atom is -0.505 e. The summed E-state index contributed by atoms with van der Waals surface area (Å²) in [5.74, 6) is -6.89. The number of para-hydroxylation sites is 1. The zero-order valence-electron chi connectivity index (χ0n) is 41.2. The van der Waals surface area contributed by atoms with Crippen LogP contribution in [-0.2, 0) is 23.8 Å². The summed E-state index contributed by atoms with van der Waals surface area (Å²) < 4.78 is 36.8. The normalized spacial score (nSPS) is 29.4. The molecule has 1 aromatic heterocycles. The summed E-state index contributed by atoms with van der Waals surface area (Å²) in [5, 5.41) is 37.6. The van der Waals surface area contributed by atoms with Gasteiger partial charge < -0.3 is 58.5 Å². The highest BCUT2D eigenvalue weighted by molar-refractivity contribution is 6.26. The molecule has 4 heterocycles. The Morgan fingerprint density at radius 2 is 1.68 bits per heavy atom. The van der Waals surface area contributed by atoms with Crippen LogP contribution >= 0.6 is 0 Å². The number of carbonyl (C=O) groups is 3. The van der Waals surface area contributed by atoms with Gasteiger partial charge in [-0.3, -0.25) is 19.2 Å². The Morgan fingerprint density at radius 1 is 0.957 bits per heavy atom. The molecular formula is C52H66N4O13. The summed E-state index contributed by atoms with van der Waals surface area (Å²) in [6.07, 6.45) is 5.33. The van der Waals surface area contributed by atoms with Gasteiger partial charge in [0, 0.05) is 87.3 Å². The molecule has 0 unspecified atom stereocenters. The molecule has 0 aliphatic carbocycles. The summed E-state index contributed by atoms with van der Waals surface area (Å²) in [6, 6.07) is 5.14. The van der Waals surface area contributed by atoms with Crippen molar-refractivity contribution in [3.63, 3.8) is 0 Å². The first-order valence-corrected chi connectivity index (χ1v) is 23.7. The summed E-state index contributed by atoms with van der Waals surface area (Å²) >= 11 is 0. The number of esters is 1. The molecule has 3 aromatic carbocycles. The molecule has 17 nitrogen and oxygen atoms in total. The number of aliphatic hydroxyl groups is 2. The third kappa shape index (κ3) is 10.2. The molecule has 3 aliphatic rings. The minimum atomic E-state index is -2.06. The fraction of sp³-hybridized carbons (Fsp3) is 0.519. The van der Waals surface area contributed by atoms with Crippen molar-refractivity contribution >= 4 is 56.3 Å². The number of aliphatic hydroxyl groups excluding tert-OH is 2. The first-order chi connectivity index (χ1) is 32.8. The number of likely N-dealkylation sites (N-methyl/N-ethyl adjacent to an activating group) is 1. The fourth-order valence-corrected chi connectivity index (χ4v) is 9.61. The number of amides is 1. The Morgan fingerprint density at radius 3 is 2.38 bits per heavy atom. The highest BCUT2D eigenvalue weighted by Crippen LogP contribution is 2.49. The number of hydrogen-bond donors (Lipinski definition) is 4.